The van der Waals surface area contributed by atoms with Crippen molar-refractivity contribution in [1.29, 1.82) is 0 Å². The summed E-state index contributed by atoms with van der Waals surface area (Å²) >= 11 is 1.20. The van der Waals surface area contributed by atoms with E-state index in [0.717, 1.165) is 18.8 Å². The molecule has 0 atom stereocenters. The average Bonchev–Trinajstić information content (AvgIpc) is 3.27. The lowest BCUT2D eigenvalue weighted by Gasteiger charge is -2.28. The third kappa shape index (κ3) is 4.80. The van der Waals surface area contributed by atoms with Crippen LogP contribution in [0.3, 0.4) is 0 Å². The number of rotatable bonds is 6. The fourth-order valence-corrected chi connectivity index (χ4v) is 5.13. The Bertz CT molecular complexity index is 1090. The van der Waals surface area contributed by atoms with E-state index in [-0.39, 0.29) is 10.8 Å². The van der Waals surface area contributed by atoms with Gasteiger partial charge in [-0.05, 0) is 67.8 Å². The number of carbonyl (C=O) groups excluding carboxylic acids is 1. The van der Waals surface area contributed by atoms with Gasteiger partial charge in [0.2, 0.25) is 0 Å². The van der Waals surface area contributed by atoms with Crippen LogP contribution in [0.2, 0.25) is 0 Å². The Balaban J connectivity index is 1.39. The number of sulfonamides is 1. The van der Waals surface area contributed by atoms with Crippen molar-refractivity contribution in [3.8, 4) is 0 Å². The molecule has 0 unspecified atom stereocenters. The zero-order chi connectivity index (χ0) is 21.0. The maximum Gasteiger partial charge on any atom is 0.263 e. The fraction of sp³-hybridized carbons (Fsp3) is 0.238. The van der Waals surface area contributed by atoms with Gasteiger partial charge in [0.05, 0.1) is 4.90 Å². The third-order valence-electron chi connectivity index (χ3n) is 4.93. The minimum atomic E-state index is -3.72. The number of thiazole rings is 1. The molecule has 7 nitrogen and oxygen atoms in total. The Morgan fingerprint density at radius 1 is 0.967 bits per heavy atom. The first kappa shape index (κ1) is 20.4. The zero-order valence-corrected chi connectivity index (χ0v) is 17.9. The van der Waals surface area contributed by atoms with E-state index in [1.54, 1.807) is 17.5 Å². The number of amides is 1. The molecule has 1 aromatic heterocycles. The van der Waals surface area contributed by atoms with Crippen molar-refractivity contribution in [1.82, 2.24) is 4.98 Å². The number of piperidine rings is 1. The molecule has 0 spiro atoms. The molecule has 1 saturated heterocycles. The molecule has 9 heteroatoms. The van der Waals surface area contributed by atoms with Gasteiger partial charge in [-0.1, -0.05) is 0 Å². The van der Waals surface area contributed by atoms with E-state index in [1.165, 1.54) is 48.9 Å². The highest BCUT2D eigenvalue weighted by molar-refractivity contribution is 7.93. The molecule has 1 amide bonds. The molecule has 2 aromatic carbocycles. The molecule has 0 saturated carbocycles. The summed E-state index contributed by atoms with van der Waals surface area (Å²) in [5.41, 5.74) is 2.21. The molecular weight excluding hydrogens is 420 g/mol. The predicted molar refractivity (Wildman–Crippen MR) is 120 cm³/mol. The largest absolute Gasteiger partial charge is 0.372 e. The molecule has 1 aliphatic heterocycles. The number of hydrogen-bond donors (Lipinski definition) is 2. The first-order valence-corrected chi connectivity index (χ1v) is 12.1. The number of nitrogens with zero attached hydrogens (tertiary/aromatic N) is 2. The van der Waals surface area contributed by atoms with Crippen molar-refractivity contribution in [2.75, 3.05) is 28.0 Å². The standard InChI is InChI=1S/C21H22N4O3S2/c26-20(16-4-8-18(9-5-16)25-13-2-1-3-14-25)23-17-6-10-19(11-7-17)30(27,28)24-21-22-12-15-29-21/h4-12,15H,1-3,13-14H2,(H,22,24)(H,23,26). The fourth-order valence-electron chi connectivity index (χ4n) is 3.34. The van der Waals surface area contributed by atoms with Crippen molar-refractivity contribution < 1.29 is 13.2 Å². The Labute approximate surface area is 179 Å². The second kappa shape index (κ2) is 8.85. The van der Waals surface area contributed by atoms with Crippen molar-refractivity contribution >= 4 is 43.8 Å². The predicted octanol–water partition coefficient (Wildman–Crippen LogP) is 4.19. The van der Waals surface area contributed by atoms with Crippen LogP contribution in [-0.4, -0.2) is 32.4 Å². The summed E-state index contributed by atoms with van der Waals surface area (Å²) < 4.78 is 27.2. The highest BCUT2D eigenvalue weighted by Crippen LogP contribution is 2.22. The van der Waals surface area contributed by atoms with Gasteiger partial charge in [-0.2, -0.15) is 0 Å². The molecule has 1 aliphatic rings. The lowest BCUT2D eigenvalue weighted by atomic mass is 10.1. The van der Waals surface area contributed by atoms with E-state index >= 15 is 0 Å². The molecule has 4 rings (SSSR count). The zero-order valence-electron chi connectivity index (χ0n) is 16.2. The quantitative estimate of drug-likeness (QED) is 0.597. The molecule has 156 valence electrons. The molecule has 30 heavy (non-hydrogen) atoms. The van der Waals surface area contributed by atoms with E-state index < -0.39 is 10.0 Å². The van der Waals surface area contributed by atoms with Crippen LogP contribution >= 0.6 is 11.3 Å². The SMILES string of the molecule is O=C(Nc1ccc(S(=O)(=O)Nc2nccs2)cc1)c1ccc(N2CCCCC2)cc1. The van der Waals surface area contributed by atoms with Crippen molar-refractivity contribution in [2.24, 2.45) is 0 Å². The van der Waals surface area contributed by atoms with E-state index in [4.69, 9.17) is 0 Å². The van der Waals surface area contributed by atoms with E-state index in [2.05, 4.69) is 19.9 Å². The van der Waals surface area contributed by atoms with Crippen LogP contribution < -0.4 is 14.9 Å². The maximum atomic E-state index is 12.5. The summed E-state index contributed by atoms with van der Waals surface area (Å²) in [5, 5.41) is 4.80. The van der Waals surface area contributed by atoms with Crippen molar-refractivity contribution in [3.05, 3.63) is 65.7 Å². The second-order valence-corrected chi connectivity index (χ2v) is 9.59. The molecule has 0 bridgehead atoms. The molecule has 0 aliphatic carbocycles. The summed E-state index contributed by atoms with van der Waals surface area (Å²) in [6.45, 7) is 2.11. The number of benzene rings is 2. The van der Waals surface area contributed by atoms with Crippen LogP contribution in [-0.2, 0) is 10.0 Å². The maximum absolute atomic E-state index is 12.5. The van der Waals surface area contributed by atoms with E-state index in [9.17, 15) is 13.2 Å². The van der Waals surface area contributed by atoms with Gasteiger partial charge >= 0.3 is 0 Å². The summed E-state index contributed by atoms with van der Waals surface area (Å²) in [6.07, 6.45) is 5.21. The van der Waals surface area contributed by atoms with Crippen molar-refractivity contribution in [2.45, 2.75) is 24.2 Å². The monoisotopic (exact) mass is 442 g/mol. The van der Waals surface area contributed by atoms with Crippen LogP contribution in [0.15, 0.2) is 65.0 Å². The molecule has 3 aromatic rings. The summed E-state index contributed by atoms with van der Waals surface area (Å²) in [7, 11) is -3.72. The third-order valence-corrected chi connectivity index (χ3v) is 7.10. The van der Waals surface area contributed by atoms with E-state index in [0.29, 0.717) is 16.4 Å². The normalized spacial score (nSPS) is 14.3. The van der Waals surface area contributed by atoms with Gasteiger partial charge in [0, 0.05) is 41.6 Å². The van der Waals surface area contributed by atoms with Gasteiger partial charge in [-0.15, -0.1) is 11.3 Å². The first-order chi connectivity index (χ1) is 14.5. The van der Waals surface area contributed by atoms with Crippen LogP contribution in [0, 0.1) is 0 Å². The van der Waals surface area contributed by atoms with Crippen LogP contribution in [0.1, 0.15) is 29.6 Å². The number of nitrogens with one attached hydrogen (secondary N) is 2. The molecule has 2 heterocycles. The van der Waals surface area contributed by atoms with Gasteiger partial charge in [0.25, 0.3) is 15.9 Å². The van der Waals surface area contributed by atoms with E-state index in [1.807, 2.05) is 24.3 Å². The second-order valence-electron chi connectivity index (χ2n) is 7.02. The number of hydrogen-bond acceptors (Lipinski definition) is 6. The van der Waals surface area contributed by atoms with Gasteiger partial charge in [0.1, 0.15) is 0 Å². The molecule has 0 radical (unpaired) electrons. The minimum absolute atomic E-state index is 0.0987. The Morgan fingerprint density at radius 2 is 1.67 bits per heavy atom. The topological polar surface area (TPSA) is 91.4 Å². The lowest BCUT2D eigenvalue weighted by Crippen LogP contribution is -2.29. The van der Waals surface area contributed by atoms with Gasteiger partial charge in [0.15, 0.2) is 5.13 Å². The lowest BCUT2D eigenvalue weighted by molar-refractivity contribution is 0.102. The number of aromatic nitrogens is 1. The number of anilines is 3. The minimum Gasteiger partial charge on any atom is -0.372 e. The highest BCUT2D eigenvalue weighted by Gasteiger charge is 2.16. The Morgan fingerprint density at radius 3 is 2.30 bits per heavy atom. The highest BCUT2D eigenvalue weighted by atomic mass is 32.2. The molecule has 1 fully saturated rings. The molecular formula is C21H22N4O3S2. The van der Waals surface area contributed by atoms with Crippen LogP contribution in [0.5, 0.6) is 0 Å². The summed E-state index contributed by atoms with van der Waals surface area (Å²) in [4.78, 5) is 18.9. The average molecular weight is 443 g/mol. The first-order valence-electron chi connectivity index (χ1n) is 9.70. The Hall–Kier alpha value is -2.91. The van der Waals surface area contributed by atoms with Crippen molar-refractivity contribution in [3.63, 3.8) is 0 Å². The van der Waals surface area contributed by atoms with Gasteiger partial charge in [-0.25, -0.2) is 13.4 Å². The smallest absolute Gasteiger partial charge is 0.263 e. The Kier molecular flexibility index (Phi) is 6.01. The number of carbonyl (C=O) groups is 1. The van der Waals surface area contributed by atoms with Crippen LogP contribution in [0.25, 0.3) is 0 Å². The van der Waals surface area contributed by atoms with Gasteiger partial charge in [-0.3, -0.25) is 9.52 Å². The van der Waals surface area contributed by atoms with Gasteiger partial charge < -0.3 is 10.2 Å². The summed E-state index contributed by atoms with van der Waals surface area (Å²) in [5.74, 6) is -0.239. The molecule has 2 N–H and O–H groups in total. The summed E-state index contributed by atoms with van der Waals surface area (Å²) in [6, 6.07) is 13.6. The van der Waals surface area contributed by atoms with Crippen LogP contribution in [0.4, 0.5) is 16.5 Å².